The van der Waals surface area contributed by atoms with Gasteiger partial charge in [-0.3, -0.25) is 0 Å². The second-order valence-electron chi connectivity index (χ2n) is 7.16. The molecule has 0 aromatic heterocycles. The van der Waals surface area contributed by atoms with Crippen LogP contribution in [0, 0.1) is 0 Å². The Bertz CT molecular complexity index is 692. The van der Waals surface area contributed by atoms with Crippen molar-refractivity contribution in [1.82, 2.24) is 0 Å². The number of carbonyl (C=O) groups is 1. The van der Waals surface area contributed by atoms with Crippen LogP contribution >= 0.6 is 0 Å². The molecular weight excluding hydrogens is 308 g/mol. The summed E-state index contributed by atoms with van der Waals surface area (Å²) in [5, 5.41) is 0. The van der Waals surface area contributed by atoms with Gasteiger partial charge in [-0.1, -0.05) is 57.4 Å². The monoisotopic (exact) mass is 336 g/mol. The van der Waals surface area contributed by atoms with Gasteiger partial charge >= 0.3 is 5.97 Å². The summed E-state index contributed by atoms with van der Waals surface area (Å²) in [5.74, 6) is 0.327. The zero-order valence-corrected chi connectivity index (χ0v) is 15.4. The molecular formula is C23H28O2. The van der Waals surface area contributed by atoms with E-state index in [1.807, 2.05) is 36.4 Å². The molecule has 0 amide bonds. The summed E-state index contributed by atoms with van der Waals surface area (Å²) in [4.78, 5) is 12.3. The van der Waals surface area contributed by atoms with Gasteiger partial charge in [-0.15, -0.1) is 0 Å². The minimum Gasteiger partial charge on any atom is -0.423 e. The van der Waals surface area contributed by atoms with Crippen LogP contribution in [0.1, 0.15) is 73.9 Å². The molecule has 0 saturated heterocycles. The molecule has 1 aliphatic rings. The van der Waals surface area contributed by atoms with Gasteiger partial charge in [0.15, 0.2) is 0 Å². The van der Waals surface area contributed by atoms with Gasteiger partial charge in [0.05, 0.1) is 5.56 Å². The van der Waals surface area contributed by atoms with Gasteiger partial charge in [0.1, 0.15) is 5.75 Å². The van der Waals surface area contributed by atoms with Gasteiger partial charge in [-0.25, -0.2) is 4.79 Å². The molecule has 0 aliphatic heterocycles. The molecule has 0 unspecified atom stereocenters. The first kappa shape index (κ1) is 17.7. The lowest BCUT2D eigenvalue weighted by molar-refractivity contribution is 0.0734. The second kappa shape index (κ2) is 7.86. The summed E-state index contributed by atoms with van der Waals surface area (Å²) in [6.07, 6.45) is 8.68. The molecule has 0 N–H and O–H groups in total. The molecule has 2 aromatic carbocycles. The van der Waals surface area contributed by atoms with Crippen molar-refractivity contribution in [2.45, 2.75) is 64.2 Å². The molecule has 0 atom stereocenters. The van der Waals surface area contributed by atoms with E-state index in [1.165, 1.54) is 49.7 Å². The number of hydrogen-bond acceptors (Lipinski definition) is 2. The number of carbonyl (C=O) groups excluding carboxylic acids is 1. The van der Waals surface area contributed by atoms with Crippen LogP contribution in [0.4, 0.5) is 0 Å². The molecule has 25 heavy (non-hydrogen) atoms. The third-order valence-electron chi connectivity index (χ3n) is 5.76. The van der Waals surface area contributed by atoms with Crippen molar-refractivity contribution >= 4 is 5.97 Å². The Labute approximate surface area is 151 Å². The Morgan fingerprint density at radius 2 is 1.56 bits per heavy atom. The highest BCUT2D eigenvalue weighted by Crippen LogP contribution is 2.42. The highest BCUT2D eigenvalue weighted by Gasteiger charge is 2.31. The zero-order chi connectivity index (χ0) is 17.7. The Morgan fingerprint density at radius 1 is 0.920 bits per heavy atom. The fourth-order valence-corrected chi connectivity index (χ4v) is 3.99. The van der Waals surface area contributed by atoms with Crippen molar-refractivity contribution < 1.29 is 9.53 Å². The number of ether oxygens (including phenoxy) is 1. The van der Waals surface area contributed by atoms with Crippen molar-refractivity contribution in [2.75, 3.05) is 0 Å². The molecule has 0 radical (unpaired) electrons. The van der Waals surface area contributed by atoms with E-state index in [1.54, 1.807) is 0 Å². The first-order chi connectivity index (χ1) is 12.2. The van der Waals surface area contributed by atoms with Crippen LogP contribution in [0.3, 0.4) is 0 Å². The normalized spacial score (nSPS) is 16.4. The molecule has 2 heteroatoms. The van der Waals surface area contributed by atoms with Crippen LogP contribution in [0.2, 0.25) is 0 Å². The van der Waals surface area contributed by atoms with Crippen molar-refractivity contribution in [2.24, 2.45) is 0 Å². The minimum atomic E-state index is -0.293. The second-order valence-corrected chi connectivity index (χ2v) is 7.16. The SMILES string of the molecule is CCc1ccc(C(=O)Oc2ccc(C3(CC)CCCCC3)cc2)cc1. The predicted molar refractivity (Wildman–Crippen MR) is 102 cm³/mol. The Balaban J connectivity index is 1.70. The van der Waals surface area contributed by atoms with Gasteiger partial charge in [-0.2, -0.15) is 0 Å². The van der Waals surface area contributed by atoms with Crippen LogP contribution < -0.4 is 4.74 Å². The van der Waals surface area contributed by atoms with Crippen molar-refractivity contribution in [3.05, 3.63) is 65.2 Å². The molecule has 0 spiro atoms. The van der Waals surface area contributed by atoms with E-state index >= 15 is 0 Å². The fourth-order valence-electron chi connectivity index (χ4n) is 3.99. The smallest absolute Gasteiger partial charge is 0.343 e. The maximum atomic E-state index is 12.3. The van der Waals surface area contributed by atoms with Crippen molar-refractivity contribution in [1.29, 1.82) is 0 Å². The summed E-state index contributed by atoms with van der Waals surface area (Å²) in [6.45, 7) is 4.39. The Kier molecular flexibility index (Phi) is 5.57. The predicted octanol–water partition coefficient (Wildman–Crippen LogP) is 6.08. The topological polar surface area (TPSA) is 26.3 Å². The average Bonchev–Trinajstić information content (AvgIpc) is 2.69. The fraction of sp³-hybridized carbons (Fsp3) is 0.435. The molecule has 3 rings (SSSR count). The van der Waals surface area contributed by atoms with Gasteiger partial charge < -0.3 is 4.74 Å². The Morgan fingerprint density at radius 3 is 2.12 bits per heavy atom. The number of esters is 1. The van der Waals surface area contributed by atoms with Gasteiger partial charge in [0.25, 0.3) is 0 Å². The van der Waals surface area contributed by atoms with E-state index in [9.17, 15) is 4.79 Å². The first-order valence-corrected chi connectivity index (χ1v) is 9.58. The lowest BCUT2D eigenvalue weighted by atomic mass is 9.68. The summed E-state index contributed by atoms with van der Waals surface area (Å²) in [5.41, 5.74) is 3.52. The van der Waals surface area contributed by atoms with E-state index in [0.29, 0.717) is 16.7 Å². The van der Waals surface area contributed by atoms with Crippen LogP contribution in [-0.2, 0) is 11.8 Å². The third-order valence-corrected chi connectivity index (χ3v) is 5.76. The quantitative estimate of drug-likeness (QED) is 0.488. The zero-order valence-electron chi connectivity index (χ0n) is 15.4. The van der Waals surface area contributed by atoms with Crippen LogP contribution in [-0.4, -0.2) is 5.97 Å². The van der Waals surface area contributed by atoms with E-state index in [-0.39, 0.29) is 5.97 Å². The van der Waals surface area contributed by atoms with E-state index in [2.05, 4.69) is 26.0 Å². The minimum absolute atomic E-state index is 0.293. The molecule has 2 nitrogen and oxygen atoms in total. The number of aryl methyl sites for hydroxylation is 1. The van der Waals surface area contributed by atoms with E-state index in [4.69, 9.17) is 4.74 Å². The third kappa shape index (κ3) is 3.95. The summed E-state index contributed by atoms with van der Waals surface area (Å²) in [7, 11) is 0. The largest absolute Gasteiger partial charge is 0.423 e. The maximum absolute atomic E-state index is 12.3. The molecule has 1 aliphatic carbocycles. The number of benzene rings is 2. The van der Waals surface area contributed by atoms with Gasteiger partial charge in [0, 0.05) is 0 Å². The number of rotatable bonds is 5. The van der Waals surface area contributed by atoms with Crippen LogP contribution in [0.25, 0.3) is 0 Å². The van der Waals surface area contributed by atoms with E-state index in [0.717, 1.165) is 6.42 Å². The molecule has 0 heterocycles. The van der Waals surface area contributed by atoms with Gasteiger partial charge in [-0.05, 0) is 66.5 Å². The Hall–Kier alpha value is -2.09. The highest BCUT2D eigenvalue weighted by molar-refractivity contribution is 5.91. The van der Waals surface area contributed by atoms with Gasteiger partial charge in [0.2, 0.25) is 0 Å². The lowest BCUT2D eigenvalue weighted by Crippen LogP contribution is -2.28. The summed E-state index contributed by atoms with van der Waals surface area (Å²) >= 11 is 0. The molecule has 1 fully saturated rings. The first-order valence-electron chi connectivity index (χ1n) is 9.58. The van der Waals surface area contributed by atoms with E-state index < -0.39 is 0 Å². The lowest BCUT2D eigenvalue weighted by Gasteiger charge is -2.37. The summed E-state index contributed by atoms with van der Waals surface area (Å²) < 4.78 is 5.54. The number of hydrogen-bond donors (Lipinski definition) is 0. The summed E-state index contributed by atoms with van der Waals surface area (Å²) in [6, 6.07) is 15.8. The van der Waals surface area contributed by atoms with Crippen LogP contribution in [0.5, 0.6) is 5.75 Å². The standard InChI is InChI=1S/C23H28O2/c1-3-18-8-10-19(11-9-18)22(24)25-21-14-12-20(13-15-21)23(4-2)16-6-5-7-17-23/h8-15H,3-7,16-17H2,1-2H3. The average molecular weight is 336 g/mol. The molecule has 2 aromatic rings. The molecule has 0 bridgehead atoms. The maximum Gasteiger partial charge on any atom is 0.343 e. The van der Waals surface area contributed by atoms with Crippen molar-refractivity contribution in [3.63, 3.8) is 0 Å². The van der Waals surface area contributed by atoms with Crippen LogP contribution in [0.15, 0.2) is 48.5 Å². The highest BCUT2D eigenvalue weighted by atomic mass is 16.5. The molecule has 132 valence electrons. The van der Waals surface area contributed by atoms with Crippen molar-refractivity contribution in [3.8, 4) is 5.75 Å². The molecule has 1 saturated carbocycles.